The summed E-state index contributed by atoms with van der Waals surface area (Å²) in [6.45, 7) is 3.58. The molecule has 1 aromatic carbocycles. The predicted molar refractivity (Wildman–Crippen MR) is 77.2 cm³/mol. The van der Waals surface area contributed by atoms with Crippen molar-refractivity contribution in [3.63, 3.8) is 0 Å². The van der Waals surface area contributed by atoms with E-state index >= 15 is 0 Å². The van der Waals surface area contributed by atoms with Gasteiger partial charge in [0.1, 0.15) is 0 Å². The van der Waals surface area contributed by atoms with Gasteiger partial charge in [-0.25, -0.2) is 4.79 Å². The molecule has 1 N–H and O–H groups in total. The van der Waals surface area contributed by atoms with Crippen LogP contribution >= 0.6 is 11.8 Å². The number of benzene rings is 1. The normalized spacial score (nSPS) is 17.2. The summed E-state index contributed by atoms with van der Waals surface area (Å²) in [5.41, 5.74) is 0.814. The molecule has 5 heteroatoms. The number of thioether (sulfide) groups is 1. The fourth-order valence-corrected chi connectivity index (χ4v) is 2.61. The van der Waals surface area contributed by atoms with E-state index in [9.17, 15) is 4.79 Å². The largest absolute Gasteiger partial charge is 0.327 e. The van der Waals surface area contributed by atoms with Gasteiger partial charge in [-0.05, 0) is 18.6 Å². The molecule has 0 aliphatic carbocycles. The summed E-state index contributed by atoms with van der Waals surface area (Å²) >= 11 is 1.64. The van der Waals surface area contributed by atoms with Gasteiger partial charge in [0, 0.05) is 24.5 Å². The van der Waals surface area contributed by atoms with Crippen LogP contribution in [0.4, 0.5) is 10.5 Å². The molecule has 0 bridgehead atoms. The number of nitrogens with one attached hydrogen (secondary N) is 1. The first-order valence-corrected chi connectivity index (χ1v) is 7.10. The summed E-state index contributed by atoms with van der Waals surface area (Å²) in [6, 6.07) is 9.39. The first-order valence-electron chi connectivity index (χ1n) is 6.12. The highest BCUT2D eigenvalue weighted by molar-refractivity contribution is 8.14. The molecule has 0 aromatic heterocycles. The summed E-state index contributed by atoms with van der Waals surface area (Å²) < 4.78 is 0. The monoisotopic (exact) mass is 263 g/mol. The number of amidine groups is 1. The van der Waals surface area contributed by atoms with Gasteiger partial charge in [0.15, 0.2) is 5.17 Å². The van der Waals surface area contributed by atoms with Crippen LogP contribution in [0.25, 0.3) is 0 Å². The van der Waals surface area contributed by atoms with Gasteiger partial charge in [0.05, 0.1) is 0 Å². The molecule has 0 unspecified atom stereocenters. The van der Waals surface area contributed by atoms with Gasteiger partial charge in [-0.3, -0.25) is 9.89 Å². The van der Waals surface area contributed by atoms with E-state index in [4.69, 9.17) is 0 Å². The van der Waals surface area contributed by atoms with E-state index in [1.165, 1.54) is 0 Å². The zero-order chi connectivity index (χ0) is 12.8. The number of nitrogens with zero attached hydrogens (tertiary/aromatic N) is 2. The average Bonchev–Trinajstić information content (AvgIpc) is 2.86. The lowest BCUT2D eigenvalue weighted by molar-refractivity contribution is 0.236. The molecule has 1 aromatic rings. The fraction of sp³-hybridized carbons (Fsp3) is 0.385. The summed E-state index contributed by atoms with van der Waals surface area (Å²) in [7, 11) is 0. The summed E-state index contributed by atoms with van der Waals surface area (Å²) in [4.78, 5) is 18.3. The van der Waals surface area contributed by atoms with Crippen molar-refractivity contribution < 1.29 is 4.79 Å². The van der Waals surface area contributed by atoms with Gasteiger partial charge in [-0.15, -0.1) is 0 Å². The molecular formula is C13H17N3OS. The maximum absolute atomic E-state index is 12.1. The minimum Gasteiger partial charge on any atom is -0.307 e. The molecule has 0 saturated carbocycles. The third-order valence-corrected chi connectivity index (χ3v) is 3.51. The van der Waals surface area contributed by atoms with E-state index in [-0.39, 0.29) is 6.03 Å². The smallest absolute Gasteiger partial charge is 0.307 e. The van der Waals surface area contributed by atoms with Crippen LogP contribution in [0.15, 0.2) is 35.3 Å². The lowest BCUT2D eigenvalue weighted by Crippen LogP contribution is -2.35. The van der Waals surface area contributed by atoms with Crippen LogP contribution in [0.1, 0.15) is 13.3 Å². The Morgan fingerprint density at radius 2 is 2.22 bits per heavy atom. The Labute approximate surface area is 111 Å². The summed E-state index contributed by atoms with van der Waals surface area (Å²) in [5.74, 6) is 0.921. The Kier molecular flexibility index (Phi) is 4.64. The lowest BCUT2D eigenvalue weighted by Gasteiger charge is -2.16. The van der Waals surface area contributed by atoms with Crippen LogP contribution < -0.4 is 5.32 Å². The fourth-order valence-electron chi connectivity index (χ4n) is 1.64. The lowest BCUT2D eigenvalue weighted by atomic mass is 10.3. The van der Waals surface area contributed by atoms with Crippen molar-refractivity contribution in [2.45, 2.75) is 13.3 Å². The molecular weight excluding hydrogens is 246 g/mol. The summed E-state index contributed by atoms with van der Waals surface area (Å²) in [5, 5.41) is 3.72. The van der Waals surface area contributed by atoms with Crippen molar-refractivity contribution in [2.75, 3.05) is 24.2 Å². The Morgan fingerprint density at radius 1 is 1.44 bits per heavy atom. The topological polar surface area (TPSA) is 44.7 Å². The van der Waals surface area contributed by atoms with Crippen molar-refractivity contribution in [1.82, 2.24) is 4.90 Å². The van der Waals surface area contributed by atoms with Gasteiger partial charge in [-0.2, -0.15) is 0 Å². The molecule has 1 aliphatic heterocycles. The number of hydrogen-bond acceptors (Lipinski definition) is 3. The van der Waals surface area contributed by atoms with E-state index in [1.54, 1.807) is 16.7 Å². The van der Waals surface area contributed by atoms with Crippen molar-refractivity contribution in [3.05, 3.63) is 30.3 Å². The number of carbonyl (C=O) groups excluding carboxylic acids is 1. The molecule has 0 atom stereocenters. The molecule has 96 valence electrons. The van der Waals surface area contributed by atoms with Crippen molar-refractivity contribution in [3.8, 4) is 0 Å². The maximum Gasteiger partial charge on any atom is 0.327 e. The van der Waals surface area contributed by atoms with E-state index in [1.807, 2.05) is 30.3 Å². The minimum atomic E-state index is -0.0962. The quantitative estimate of drug-likeness (QED) is 0.911. The SMILES string of the molecule is CCCN=C1SCCN1C(=O)Nc1ccccc1. The second-order valence-corrected chi connectivity index (χ2v) is 5.02. The molecule has 1 heterocycles. The number of anilines is 1. The van der Waals surface area contributed by atoms with Gasteiger partial charge in [0.25, 0.3) is 0 Å². The first-order chi connectivity index (χ1) is 8.81. The Morgan fingerprint density at radius 3 is 2.94 bits per heavy atom. The average molecular weight is 263 g/mol. The Bertz CT molecular complexity index is 433. The maximum atomic E-state index is 12.1. The number of carbonyl (C=O) groups is 1. The highest BCUT2D eigenvalue weighted by atomic mass is 32.2. The molecule has 1 saturated heterocycles. The minimum absolute atomic E-state index is 0.0962. The zero-order valence-electron chi connectivity index (χ0n) is 10.4. The van der Waals surface area contributed by atoms with Crippen LogP contribution in [0.3, 0.4) is 0 Å². The van der Waals surface area contributed by atoms with Crippen LogP contribution in [-0.4, -0.2) is 34.9 Å². The number of aliphatic imine (C=N–C) groups is 1. The van der Waals surface area contributed by atoms with Crippen molar-refractivity contribution in [2.24, 2.45) is 4.99 Å². The Hall–Kier alpha value is -1.49. The van der Waals surface area contributed by atoms with E-state index in [0.29, 0.717) is 0 Å². The Balaban J connectivity index is 2.00. The van der Waals surface area contributed by atoms with Gasteiger partial charge in [-0.1, -0.05) is 36.9 Å². The second kappa shape index (κ2) is 6.44. The third-order valence-electron chi connectivity index (χ3n) is 2.52. The molecule has 4 nitrogen and oxygen atoms in total. The van der Waals surface area contributed by atoms with E-state index in [0.717, 1.165) is 36.1 Å². The molecule has 1 aliphatic rings. The van der Waals surface area contributed by atoms with Crippen LogP contribution in [-0.2, 0) is 0 Å². The highest BCUT2D eigenvalue weighted by Crippen LogP contribution is 2.19. The van der Waals surface area contributed by atoms with Crippen LogP contribution in [0.5, 0.6) is 0 Å². The number of amides is 2. The third kappa shape index (κ3) is 3.26. The zero-order valence-corrected chi connectivity index (χ0v) is 11.2. The van der Waals surface area contributed by atoms with Gasteiger partial charge < -0.3 is 5.32 Å². The molecule has 0 spiro atoms. The van der Waals surface area contributed by atoms with Crippen molar-refractivity contribution in [1.29, 1.82) is 0 Å². The number of urea groups is 1. The molecule has 18 heavy (non-hydrogen) atoms. The first kappa shape index (κ1) is 13.0. The van der Waals surface area contributed by atoms with Crippen LogP contribution in [0.2, 0.25) is 0 Å². The predicted octanol–water partition coefficient (Wildman–Crippen LogP) is 3.03. The standard InChI is InChI=1S/C13H17N3OS/c1-2-8-14-13-16(9-10-18-13)12(17)15-11-6-4-3-5-7-11/h3-7H,2,8-10H2,1H3,(H,15,17). The van der Waals surface area contributed by atoms with Crippen molar-refractivity contribution >= 4 is 28.6 Å². The molecule has 0 radical (unpaired) electrons. The molecule has 1 fully saturated rings. The van der Waals surface area contributed by atoms with E-state index in [2.05, 4.69) is 17.2 Å². The number of hydrogen-bond donors (Lipinski definition) is 1. The molecule has 2 rings (SSSR count). The van der Waals surface area contributed by atoms with Gasteiger partial charge in [0.2, 0.25) is 0 Å². The van der Waals surface area contributed by atoms with Gasteiger partial charge >= 0.3 is 6.03 Å². The number of para-hydroxylation sites is 1. The van der Waals surface area contributed by atoms with E-state index < -0.39 is 0 Å². The second-order valence-electron chi connectivity index (χ2n) is 3.96. The van der Waals surface area contributed by atoms with Crippen LogP contribution in [0, 0.1) is 0 Å². The highest BCUT2D eigenvalue weighted by Gasteiger charge is 2.25. The molecule has 2 amide bonds. The number of rotatable bonds is 3. The summed E-state index contributed by atoms with van der Waals surface area (Å²) in [6.07, 6.45) is 0.998.